The zero-order valence-electron chi connectivity index (χ0n) is 18.9. The minimum Gasteiger partial charge on any atom is -0.492 e. The molecule has 6 nitrogen and oxygen atoms in total. The molecular weight excluding hydrogens is 504 g/mol. The first kappa shape index (κ1) is 25.5. The van der Waals surface area contributed by atoms with E-state index in [9.17, 15) is 4.79 Å². The molecule has 8 heteroatoms. The van der Waals surface area contributed by atoms with Crippen molar-refractivity contribution in [2.24, 2.45) is 0 Å². The van der Waals surface area contributed by atoms with Crippen molar-refractivity contribution in [3.05, 3.63) is 52.5 Å². The summed E-state index contributed by atoms with van der Waals surface area (Å²) < 4.78 is 18.1. The summed E-state index contributed by atoms with van der Waals surface area (Å²) in [6.45, 7) is 4.11. The Morgan fingerprint density at radius 1 is 1.15 bits per heavy atom. The average molecular weight is 536 g/mol. The Labute approximate surface area is 209 Å². The fraction of sp³-hybridized carbons (Fsp3) is 0.440. The normalized spacial score (nSPS) is 15.2. The van der Waals surface area contributed by atoms with Crippen molar-refractivity contribution in [3.63, 3.8) is 0 Å². The van der Waals surface area contributed by atoms with Gasteiger partial charge in [-0.2, -0.15) is 0 Å². The standard InChI is InChI=1S/C25H31BrN2O4S/c1-2-3-4-7-14-31-22-13-12-18(16-20(22)26)24(29)28-25(33)27-21-10-5-6-11-23(21)32-17-19-9-8-15-30-19/h5-6,10-13,16,19H,2-4,7-9,14-15,17H2,1H3,(H2,27,28,29,33). The third-order valence-corrected chi connectivity index (χ3v) is 6.08. The lowest BCUT2D eigenvalue weighted by atomic mass is 10.2. The number of hydrogen-bond donors (Lipinski definition) is 2. The molecule has 1 aliphatic rings. The first-order valence-corrected chi connectivity index (χ1v) is 12.6. The average Bonchev–Trinajstić information content (AvgIpc) is 3.33. The summed E-state index contributed by atoms with van der Waals surface area (Å²) in [5.41, 5.74) is 1.17. The molecule has 0 bridgehead atoms. The predicted molar refractivity (Wildman–Crippen MR) is 138 cm³/mol. The lowest BCUT2D eigenvalue weighted by Gasteiger charge is -2.16. The third kappa shape index (κ3) is 8.28. The molecule has 0 saturated carbocycles. The van der Waals surface area contributed by atoms with Gasteiger partial charge in [0.2, 0.25) is 0 Å². The molecule has 0 aromatic heterocycles. The van der Waals surface area contributed by atoms with Crippen molar-refractivity contribution >= 4 is 44.9 Å². The number of hydrogen-bond acceptors (Lipinski definition) is 5. The number of carbonyl (C=O) groups excluding carboxylic acids is 1. The summed E-state index contributed by atoms with van der Waals surface area (Å²) >= 11 is 8.85. The van der Waals surface area contributed by atoms with Crippen LogP contribution in [-0.4, -0.2) is 36.9 Å². The van der Waals surface area contributed by atoms with Crippen molar-refractivity contribution in [3.8, 4) is 11.5 Å². The number of nitrogens with one attached hydrogen (secondary N) is 2. The van der Waals surface area contributed by atoms with Gasteiger partial charge in [0, 0.05) is 12.2 Å². The van der Waals surface area contributed by atoms with Crippen LogP contribution in [0.3, 0.4) is 0 Å². The van der Waals surface area contributed by atoms with E-state index < -0.39 is 0 Å². The molecule has 2 N–H and O–H groups in total. The molecule has 33 heavy (non-hydrogen) atoms. The molecule has 1 amide bonds. The van der Waals surface area contributed by atoms with E-state index in [0.29, 0.717) is 30.2 Å². The van der Waals surface area contributed by atoms with Crippen LogP contribution in [0.4, 0.5) is 5.69 Å². The summed E-state index contributed by atoms with van der Waals surface area (Å²) in [5, 5.41) is 5.97. The van der Waals surface area contributed by atoms with Crippen LogP contribution in [0.25, 0.3) is 0 Å². The van der Waals surface area contributed by atoms with Crippen LogP contribution in [0.15, 0.2) is 46.9 Å². The molecule has 1 unspecified atom stereocenters. The maximum atomic E-state index is 12.7. The Bertz CT molecular complexity index is 934. The molecule has 0 radical (unpaired) electrons. The first-order chi connectivity index (χ1) is 16.1. The summed E-state index contributed by atoms with van der Waals surface area (Å²) in [6.07, 6.45) is 6.75. The van der Waals surface area contributed by atoms with E-state index in [1.165, 1.54) is 12.8 Å². The Balaban J connectivity index is 1.51. The van der Waals surface area contributed by atoms with Crippen LogP contribution in [0.1, 0.15) is 55.8 Å². The van der Waals surface area contributed by atoms with Crippen molar-refractivity contribution in [2.75, 3.05) is 25.1 Å². The Morgan fingerprint density at radius 3 is 2.76 bits per heavy atom. The van der Waals surface area contributed by atoms with Gasteiger partial charge >= 0.3 is 0 Å². The zero-order valence-corrected chi connectivity index (χ0v) is 21.3. The highest BCUT2D eigenvalue weighted by Crippen LogP contribution is 2.27. The largest absolute Gasteiger partial charge is 0.492 e. The topological polar surface area (TPSA) is 68.8 Å². The summed E-state index contributed by atoms with van der Waals surface area (Å²) in [7, 11) is 0. The number of amides is 1. The molecule has 1 aliphatic heterocycles. The highest BCUT2D eigenvalue weighted by atomic mass is 79.9. The van der Waals surface area contributed by atoms with Gasteiger partial charge < -0.3 is 19.5 Å². The van der Waals surface area contributed by atoms with Crippen molar-refractivity contribution in [1.29, 1.82) is 0 Å². The summed E-state index contributed by atoms with van der Waals surface area (Å²) in [4.78, 5) is 12.7. The van der Waals surface area contributed by atoms with Gasteiger partial charge in [-0.3, -0.25) is 10.1 Å². The minimum atomic E-state index is -0.305. The predicted octanol–water partition coefficient (Wildman–Crippen LogP) is 6.09. The second-order valence-corrected chi connectivity index (χ2v) is 9.17. The van der Waals surface area contributed by atoms with Gasteiger partial charge in [0.15, 0.2) is 5.11 Å². The first-order valence-electron chi connectivity index (χ1n) is 11.4. The number of rotatable bonds is 11. The SMILES string of the molecule is CCCCCCOc1ccc(C(=O)NC(=S)Nc2ccccc2OCC2CCCO2)cc1Br. The van der Waals surface area contributed by atoms with Gasteiger partial charge in [0.1, 0.15) is 18.1 Å². The fourth-order valence-corrected chi connectivity index (χ4v) is 4.15. The molecule has 1 saturated heterocycles. The number of carbonyl (C=O) groups is 1. The summed E-state index contributed by atoms with van der Waals surface area (Å²) in [5.74, 6) is 1.08. The van der Waals surface area contributed by atoms with Gasteiger partial charge in [-0.15, -0.1) is 0 Å². The van der Waals surface area contributed by atoms with E-state index in [1.807, 2.05) is 24.3 Å². The zero-order chi connectivity index (χ0) is 23.5. The molecule has 0 aliphatic carbocycles. The fourth-order valence-electron chi connectivity index (χ4n) is 3.45. The van der Waals surface area contributed by atoms with E-state index in [2.05, 4.69) is 33.5 Å². The van der Waals surface area contributed by atoms with Crippen LogP contribution in [0, 0.1) is 0 Å². The molecule has 178 valence electrons. The lowest BCUT2D eigenvalue weighted by molar-refractivity contribution is 0.0682. The van der Waals surface area contributed by atoms with E-state index >= 15 is 0 Å². The number of ether oxygens (including phenoxy) is 3. The van der Waals surface area contributed by atoms with Gasteiger partial charge in [0.05, 0.1) is 22.9 Å². The molecule has 3 rings (SSSR count). The van der Waals surface area contributed by atoms with Crippen molar-refractivity contribution in [2.45, 2.75) is 51.6 Å². The Kier molecular flexibility index (Phi) is 10.4. The molecule has 2 aromatic carbocycles. The number of thiocarbonyl (C=S) groups is 1. The van der Waals surface area contributed by atoms with E-state index in [0.717, 1.165) is 42.5 Å². The minimum absolute atomic E-state index is 0.117. The molecule has 1 heterocycles. The molecule has 0 spiro atoms. The van der Waals surface area contributed by atoms with Crippen LogP contribution in [0.5, 0.6) is 11.5 Å². The Hall–Kier alpha value is -2.16. The number of benzene rings is 2. The maximum Gasteiger partial charge on any atom is 0.257 e. The van der Waals surface area contributed by atoms with Gasteiger partial charge in [-0.25, -0.2) is 0 Å². The smallest absolute Gasteiger partial charge is 0.257 e. The highest BCUT2D eigenvalue weighted by Gasteiger charge is 2.17. The molecule has 2 aromatic rings. The Morgan fingerprint density at radius 2 is 2.00 bits per heavy atom. The number of halogens is 1. The van der Waals surface area contributed by atoms with Gasteiger partial charge in [-0.05, 0) is 77.7 Å². The van der Waals surface area contributed by atoms with Gasteiger partial charge in [-0.1, -0.05) is 38.3 Å². The van der Waals surface area contributed by atoms with E-state index in [4.69, 9.17) is 26.4 Å². The second-order valence-electron chi connectivity index (χ2n) is 7.90. The van der Waals surface area contributed by atoms with Crippen LogP contribution < -0.4 is 20.1 Å². The maximum absolute atomic E-state index is 12.7. The van der Waals surface area contributed by atoms with E-state index in [-0.39, 0.29) is 17.1 Å². The third-order valence-electron chi connectivity index (χ3n) is 5.26. The molecule has 1 atom stereocenters. The van der Waals surface area contributed by atoms with Gasteiger partial charge in [0.25, 0.3) is 5.91 Å². The second kappa shape index (κ2) is 13.5. The molecular formula is C25H31BrN2O4S. The van der Waals surface area contributed by atoms with Crippen LogP contribution in [0.2, 0.25) is 0 Å². The number of anilines is 1. The molecule has 1 fully saturated rings. The number of para-hydroxylation sites is 2. The van der Waals surface area contributed by atoms with E-state index in [1.54, 1.807) is 18.2 Å². The quantitative estimate of drug-likeness (QED) is 0.268. The highest BCUT2D eigenvalue weighted by molar-refractivity contribution is 9.10. The monoisotopic (exact) mass is 534 g/mol. The van der Waals surface area contributed by atoms with Crippen molar-refractivity contribution in [1.82, 2.24) is 5.32 Å². The van der Waals surface area contributed by atoms with Crippen LogP contribution in [-0.2, 0) is 4.74 Å². The lowest BCUT2D eigenvalue weighted by Crippen LogP contribution is -2.34. The van der Waals surface area contributed by atoms with Crippen LogP contribution >= 0.6 is 28.1 Å². The number of unbranched alkanes of at least 4 members (excludes halogenated alkanes) is 3. The summed E-state index contributed by atoms with van der Waals surface area (Å²) in [6, 6.07) is 12.7. The van der Waals surface area contributed by atoms with Crippen molar-refractivity contribution < 1.29 is 19.0 Å².